The number of carbonyl (C=O) groups is 2. The van der Waals surface area contributed by atoms with Crippen molar-refractivity contribution < 1.29 is 28.2 Å². The van der Waals surface area contributed by atoms with Gasteiger partial charge in [0.15, 0.2) is 0 Å². The zero-order chi connectivity index (χ0) is 23.4. The number of amides is 2. The van der Waals surface area contributed by atoms with Crippen molar-refractivity contribution in [2.75, 3.05) is 32.0 Å². The zero-order valence-corrected chi connectivity index (χ0v) is 18.3. The van der Waals surface area contributed by atoms with Crippen molar-refractivity contribution in [3.05, 3.63) is 78.1 Å². The Kier molecular flexibility index (Phi) is 6.17. The van der Waals surface area contributed by atoms with Gasteiger partial charge in [0.1, 0.15) is 28.5 Å². The fourth-order valence-corrected chi connectivity index (χ4v) is 3.37. The highest BCUT2D eigenvalue weighted by Crippen LogP contribution is 2.34. The summed E-state index contributed by atoms with van der Waals surface area (Å²) in [7, 11) is 4.55. The van der Waals surface area contributed by atoms with Crippen molar-refractivity contribution in [1.82, 2.24) is 0 Å². The third-order valence-corrected chi connectivity index (χ3v) is 5.03. The number of benzene rings is 3. The smallest absolute Gasteiger partial charge is 0.293 e. The molecule has 0 aliphatic carbocycles. The summed E-state index contributed by atoms with van der Waals surface area (Å²) >= 11 is 0. The molecule has 33 heavy (non-hydrogen) atoms. The number of rotatable bonds is 7. The van der Waals surface area contributed by atoms with Crippen LogP contribution in [0.25, 0.3) is 11.0 Å². The molecule has 0 spiro atoms. The lowest BCUT2D eigenvalue weighted by Crippen LogP contribution is -2.17. The number of hydrogen-bond donors (Lipinski definition) is 2. The molecule has 4 aromatic rings. The van der Waals surface area contributed by atoms with Crippen LogP contribution in [0.3, 0.4) is 0 Å². The second-order valence-electron chi connectivity index (χ2n) is 7.01. The lowest BCUT2D eigenvalue weighted by atomic mass is 10.1. The van der Waals surface area contributed by atoms with Gasteiger partial charge in [-0.2, -0.15) is 0 Å². The quantitative estimate of drug-likeness (QED) is 0.416. The first-order valence-corrected chi connectivity index (χ1v) is 10.0. The van der Waals surface area contributed by atoms with E-state index in [0.29, 0.717) is 39.5 Å². The number of furan rings is 1. The van der Waals surface area contributed by atoms with E-state index < -0.39 is 11.8 Å². The molecule has 4 rings (SSSR count). The largest absolute Gasteiger partial charge is 0.497 e. The number of anilines is 2. The van der Waals surface area contributed by atoms with Crippen molar-refractivity contribution in [3.63, 3.8) is 0 Å². The molecule has 0 bridgehead atoms. The third-order valence-electron chi connectivity index (χ3n) is 5.03. The molecule has 1 aromatic heterocycles. The molecular weight excluding hydrogens is 424 g/mol. The molecule has 0 aliphatic heterocycles. The van der Waals surface area contributed by atoms with E-state index in [2.05, 4.69) is 10.6 Å². The van der Waals surface area contributed by atoms with Crippen LogP contribution in [0.2, 0.25) is 0 Å². The molecule has 0 unspecified atom stereocenters. The second kappa shape index (κ2) is 9.35. The van der Waals surface area contributed by atoms with E-state index in [0.717, 1.165) is 0 Å². The average Bonchev–Trinajstić information content (AvgIpc) is 3.22. The normalized spacial score (nSPS) is 10.5. The molecule has 2 amide bonds. The van der Waals surface area contributed by atoms with Gasteiger partial charge in [-0.3, -0.25) is 9.59 Å². The Morgan fingerprint density at radius 2 is 1.52 bits per heavy atom. The van der Waals surface area contributed by atoms with E-state index in [1.807, 2.05) is 0 Å². The molecule has 0 saturated heterocycles. The summed E-state index contributed by atoms with van der Waals surface area (Å²) in [6, 6.07) is 18.8. The number of ether oxygens (including phenoxy) is 3. The highest BCUT2D eigenvalue weighted by atomic mass is 16.5. The van der Waals surface area contributed by atoms with Gasteiger partial charge in [0.25, 0.3) is 11.8 Å². The average molecular weight is 446 g/mol. The number of fused-ring (bicyclic) bond motifs is 1. The molecule has 8 nitrogen and oxygen atoms in total. The number of para-hydroxylation sites is 1. The van der Waals surface area contributed by atoms with Crippen LogP contribution in [0.4, 0.5) is 11.4 Å². The zero-order valence-electron chi connectivity index (χ0n) is 18.3. The van der Waals surface area contributed by atoms with Crippen LogP contribution in [0, 0.1) is 0 Å². The number of methoxy groups -OCH3 is 3. The second-order valence-corrected chi connectivity index (χ2v) is 7.01. The standard InChI is InChI=1S/C25H22N2O6/c1-30-16-8-6-7-15(13-16)24(28)27-22-18-9-4-5-10-20(18)33-23(22)25(29)26-19-14-17(31-2)11-12-21(19)32-3/h4-14H,1-3H3,(H,26,29)(H,27,28). The predicted octanol–water partition coefficient (Wildman–Crippen LogP) is 4.96. The van der Waals surface area contributed by atoms with Crippen LogP contribution in [-0.2, 0) is 0 Å². The highest BCUT2D eigenvalue weighted by Gasteiger charge is 2.24. The van der Waals surface area contributed by atoms with Crippen LogP contribution >= 0.6 is 0 Å². The third kappa shape index (κ3) is 4.45. The lowest BCUT2D eigenvalue weighted by Gasteiger charge is -2.12. The van der Waals surface area contributed by atoms with E-state index in [9.17, 15) is 9.59 Å². The molecule has 0 aliphatic rings. The summed E-state index contributed by atoms with van der Waals surface area (Å²) in [5.41, 5.74) is 1.49. The van der Waals surface area contributed by atoms with Crippen LogP contribution in [0.5, 0.6) is 17.2 Å². The maximum absolute atomic E-state index is 13.2. The van der Waals surface area contributed by atoms with Gasteiger partial charge >= 0.3 is 0 Å². The predicted molar refractivity (Wildman–Crippen MR) is 125 cm³/mol. The first-order chi connectivity index (χ1) is 16.0. The molecule has 0 radical (unpaired) electrons. The highest BCUT2D eigenvalue weighted by molar-refractivity contribution is 6.17. The van der Waals surface area contributed by atoms with E-state index in [-0.39, 0.29) is 11.4 Å². The molecule has 8 heteroatoms. The van der Waals surface area contributed by atoms with Gasteiger partial charge in [0.2, 0.25) is 5.76 Å². The number of carbonyl (C=O) groups excluding carboxylic acids is 2. The molecule has 168 valence electrons. The monoisotopic (exact) mass is 446 g/mol. The lowest BCUT2D eigenvalue weighted by molar-refractivity contribution is 0.0999. The molecule has 2 N–H and O–H groups in total. The topological polar surface area (TPSA) is 99.0 Å². The van der Waals surface area contributed by atoms with Crippen molar-refractivity contribution in [1.29, 1.82) is 0 Å². The van der Waals surface area contributed by atoms with Crippen molar-refractivity contribution >= 4 is 34.2 Å². The van der Waals surface area contributed by atoms with Gasteiger partial charge < -0.3 is 29.3 Å². The van der Waals surface area contributed by atoms with Gasteiger partial charge in [-0.25, -0.2) is 0 Å². The van der Waals surface area contributed by atoms with E-state index in [4.69, 9.17) is 18.6 Å². The minimum absolute atomic E-state index is 0.0441. The molecule has 0 fully saturated rings. The molecule has 1 heterocycles. The Morgan fingerprint density at radius 3 is 2.27 bits per heavy atom. The maximum Gasteiger partial charge on any atom is 0.293 e. The maximum atomic E-state index is 13.2. The Balaban J connectivity index is 1.71. The van der Waals surface area contributed by atoms with Crippen LogP contribution < -0.4 is 24.8 Å². The Morgan fingerprint density at radius 1 is 0.758 bits per heavy atom. The summed E-state index contributed by atoms with van der Waals surface area (Å²) in [6.45, 7) is 0. The van der Waals surface area contributed by atoms with Gasteiger partial charge in [0, 0.05) is 17.0 Å². The Hall–Kier alpha value is -4.46. The van der Waals surface area contributed by atoms with Crippen LogP contribution in [0.1, 0.15) is 20.9 Å². The molecular formula is C25H22N2O6. The first-order valence-electron chi connectivity index (χ1n) is 10.0. The minimum atomic E-state index is -0.557. The molecule has 3 aromatic carbocycles. The van der Waals surface area contributed by atoms with Crippen LogP contribution in [0.15, 0.2) is 71.1 Å². The summed E-state index contributed by atoms with van der Waals surface area (Å²) in [6.07, 6.45) is 0. The van der Waals surface area contributed by atoms with Gasteiger partial charge in [-0.05, 0) is 42.5 Å². The van der Waals surface area contributed by atoms with E-state index in [1.165, 1.54) is 21.3 Å². The van der Waals surface area contributed by atoms with Crippen molar-refractivity contribution in [2.45, 2.75) is 0 Å². The first kappa shape index (κ1) is 21.8. The summed E-state index contributed by atoms with van der Waals surface area (Å²) in [4.78, 5) is 26.2. The Bertz CT molecular complexity index is 1330. The van der Waals surface area contributed by atoms with Gasteiger partial charge in [0.05, 0.1) is 27.0 Å². The minimum Gasteiger partial charge on any atom is -0.497 e. The summed E-state index contributed by atoms with van der Waals surface area (Å²) < 4.78 is 21.6. The van der Waals surface area contributed by atoms with Crippen molar-refractivity contribution in [2.24, 2.45) is 0 Å². The fraction of sp³-hybridized carbons (Fsp3) is 0.120. The number of nitrogens with one attached hydrogen (secondary N) is 2. The van der Waals surface area contributed by atoms with Crippen LogP contribution in [-0.4, -0.2) is 33.1 Å². The van der Waals surface area contributed by atoms with Gasteiger partial charge in [-0.1, -0.05) is 18.2 Å². The SMILES string of the molecule is COc1cccc(C(=O)Nc2c(C(=O)Nc3cc(OC)ccc3OC)oc3ccccc23)c1. The molecule has 0 atom stereocenters. The van der Waals surface area contributed by atoms with Gasteiger partial charge in [-0.15, -0.1) is 0 Å². The number of hydrogen-bond acceptors (Lipinski definition) is 6. The summed E-state index contributed by atoms with van der Waals surface area (Å²) in [5, 5.41) is 6.18. The Labute approximate surface area is 190 Å². The van der Waals surface area contributed by atoms with E-state index >= 15 is 0 Å². The molecule has 0 saturated carbocycles. The summed E-state index contributed by atoms with van der Waals surface area (Å²) in [5.74, 6) is 0.525. The fourth-order valence-electron chi connectivity index (χ4n) is 3.37. The van der Waals surface area contributed by atoms with Crippen molar-refractivity contribution in [3.8, 4) is 17.2 Å². The van der Waals surface area contributed by atoms with E-state index in [1.54, 1.807) is 66.7 Å².